The van der Waals surface area contributed by atoms with E-state index in [1.165, 1.54) is 11.1 Å². The number of halogens is 1. The fraction of sp³-hybridized carbons (Fsp3) is 0.727. The van der Waals surface area contributed by atoms with E-state index in [9.17, 15) is 0 Å². The molecule has 0 bridgehead atoms. The minimum atomic E-state index is 0.784. The number of rotatable bonds is 7. The highest BCUT2D eigenvalue weighted by Gasteiger charge is 2.12. The van der Waals surface area contributed by atoms with Crippen molar-refractivity contribution < 1.29 is 0 Å². The van der Waals surface area contributed by atoms with E-state index in [2.05, 4.69) is 35.0 Å². The summed E-state index contributed by atoms with van der Waals surface area (Å²) >= 11 is 5.88. The van der Waals surface area contributed by atoms with Crippen LogP contribution in [0.5, 0.6) is 0 Å². The molecular formula is C11H22ClN5. The molecule has 1 aliphatic heterocycles. The molecule has 0 unspecified atom stereocenters. The average Bonchev–Trinajstić information content (AvgIpc) is 2.29. The maximum Gasteiger partial charge on any atom is 0.141 e. The third-order valence-corrected chi connectivity index (χ3v) is 2.52. The van der Waals surface area contributed by atoms with Crippen molar-refractivity contribution in [2.75, 3.05) is 13.1 Å². The van der Waals surface area contributed by atoms with E-state index < -0.39 is 0 Å². The van der Waals surface area contributed by atoms with Gasteiger partial charge in [-0.3, -0.25) is 15.8 Å². The van der Waals surface area contributed by atoms with Gasteiger partial charge in [0.2, 0.25) is 0 Å². The van der Waals surface area contributed by atoms with E-state index in [4.69, 9.17) is 11.8 Å². The van der Waals surface area contributed by atoms with Crippen LogP contribution in [0.15, 0.2) is 16.9 Å². The van der Waals surface area contributed by atoms with Crippen LogP contribution in [-0.4, -0.2) is 23.6 Å². The molecule has 0 aromatic rings. The van der Waals surface area contributed by atoms with Crippen molar-refractivity contribution in [1.29, 1.82) is 0 Å². The molecule has 0 aromatic heterocycles. The van der Waals surface area contributed by atoms with Crippen LogP contribution in [0.1, 0.15) is 39.5 Å². The summed E-state index contributed by atoms with van der Waals surface area (Å²) in [6.07, 6.45) is 6.47. The highest BCUT2D eigenvalue weighted by Crippen LogP contribution is 1.99. The van der Waals surface area contributed by atoms with Crippen molar-refractivity contribution >= 4 is 17.6 Å². The number of aliphatic imine (C=N–C) groups is 1. The Hall–Kier alpha value is -0.940. The van der Waals surface area contributed by atoms with Gasteiger partial charge in [-0.1, -0.05) is 26.7 Å². The van der Waals surface area contributed by atoms with Crippen LogP contribution in [0.25, 0.3) is 0 Å². The van der Waals surface area contributed by atoms with Crippen LogP contribution >= 0.6 is 11.8 Å². The molecule has 6 heteroatoms. The normalized spacial score (nSPS) is 18.5. The summed E-state index contributed by atoms with van der Waals surface area (Å²) in [6.45, 7) is 6.07. The Morgan fingerprint density at radius 3 is 2.76 bits per heavy atom. The largest absolute Gasteiger partial charge is 0.371 e. The molecule has 0 aromatic carbocycles. The lowest BCUT2D eigenvalue weighted by Crippen LogP contribution is -2.50. The number of hydrogen-bond acceptors (Lipinski definition) is 4. The zero-order valence-electron chi connectivity index (χ0n) is 10.6. The molecule has 1 heterocycles. The summed E-state index contributed by atoms with van der Waals surface area (Å²) in [6, 6.07) is 0. The SMILES string of the molecule is CCCCN=C1C=C(NCCCC)NN(Cl)N1. The number of hydrogen-bond donors (Lipinski definition) is 3. The number of unbranched alkanes of at least 4 members (excludes halogenated alkanes) is 2. The highest BCUT2D eigenvalue weighted by molar-refractivity contribution is 6.14. The Labute approximate surface area is 108 Å². The minimum Gasteiger partial charge on any atom is -0.371 e. The van der Waals surface area contributed by atoms with Gasteiger partial charge in [-0.2, -0.15) is 0 Å². The molecule has 17 heavy (non-hydrogen) atoms. The third-order valence-electron chi connectivity index (χ3n) is 2.35. The minimum absolute atomic E-state index is 0.784. The zero-order chi connectivity index (χ0) is 12.5. The number of nitrogens with one attached hydrogen (secondary N) is 3. The molecular weight excluding hydrogens is 238 g/mol. The Morgan fingerprint density at radius 1 is 1.29 bits per heavy atom. The van der Waals surface area contributed by atoms with Gasteiger partial charge in [0, 0.05) is 30.9 Å². The maximum atomic E-state index is 5.88. The first-order valence-electron chi connectivity index (χ1n) is 6.25. The predicted molar refractivity (Wildman–Crippen MR) is 72.2 cm³/mol. The predicted octanol–water partition coefficient (Wildman–Crippen LogP) is 1.89. The van der Waals surface area contributed by atoms with Gasteiger partial charge in [-0.15, -0.1) is 0 Å². The number of amidine groups is 1. The standard InChI is InChI=1S/C11H22ClN5/c1-3-5-7-13-10-9-11(14-8-6-4-2)16-17(12)15-10/h9,13,15H,3-8H2,1-2H3,(H,14,16). The van der Waals surface area contributed by atoms with E-state index in [1.807, 2.05) is 6.08 Å². The van der Waals surface area contributed by atoms with Gasteiger partial charge < -0.3 is 5.32 Å². The molecule has 0 amide bonds. The van der Waals surface area contributed by atoms with E-state index in [0.717, 1.165) is 44.0 Å². The first kappa shape index (κ1) is 14.1. The van der Waals surface area contributed by atoms with Crippen LogP contribution in [-0.2, 0) is 0 Å². The lowest BCUT2D eigenvalue weighted by molar-refractivity contribution is 0.314. The van der Waals surface area contributed by atoms with Crippen molar-refractivity contribution in [1.82, 2.24) is 20.8 Å². The molecule has 0 radical (unpaired) electrons. The van der Waals surface area contributed by atoms with Crippen molar-refractivity contribution in [2.45, 2.75) is 39.5 Å². The maximum absolute atomic E-state index is 5.88. The van der Waals surface area contributed by atoms with Crippen LogP contribution in [0.3, 0.4) is 0 Å². The van der Waals surface area contributed by atoms with Gasteiger partial charge in [0.25, 0.3) is 0 Å². The lowest BCUT2D eigenvalue weighted by Gasteiger charge is -2.25. The molecule has 1 aliphatic rings. The van der Waals surface area contributed by atoms with Crippen molar-refractivity contribution in [2.24, 2.45) is 4.99 Å². The Kier molecular flexibility index (Phi) is 6.81. The zero-order valence-corrected chi connectivity index (χ0v) is 11.3. The Balaban J connectivity index is 2.47. The van der Waals surface area contributed by atoms with Gasteiger partial charge in [0.05, 0.1) is 0 Å². The van der Waals surface area contributed by atoms with E-state index in [1.54, 1.807) is 0 Å². The summed E-state index contributed by atoms with van der Waals surface area (Å²) < 4.78 is 1.29. The molecule has 1 rings (SSSR count). The van der Waals surface area contributed by atoms with Crippen molar-refractivity contribution in [3.8, 4) is 0 Å². The average molecular weight is 260 g/mol. The molecule has 98 valence electrons. The third kappa shape index (κ3) is 5.79. The summed E-state index contributed by atoms with van der Waals surface area (Å²) in [4.78, 5) is 4.42. The van der Waals surface area contributed by atoms with Gasteiger partial charge in [-0.05, 0) is 17.5 Å². The smallest absolute Gasteiger partial charge is 0.141 e. The van der Waals surface area contributed by atoms with Crippen LogP contribution < -0.4 is 16.2 Å². The summed E-state index contributed by atoms with van der Waals surface area (Å²) in [5, 5.41) is 3.28. The summed E-state index contributed by atoms with van der Waals surface area (Å²) in [5.74, 6) is 1.66. The first-order valence-corrected chi connectivity index (χ1v) is 6.59. The molecule has 0 aliphatic carbocycles. The van der Waals surface area contributed by atoms with Gasteiger partial charge in [-0.25, -0.2) is 0 Å². The second-order valence-corrected chi connectivity index (χ2v) is 4.30. The van der Waals surface area contributed by atoms with E-state index in [0.29, 0.717) is 0 Å². The topological polar surface area (TPSA) is 51.7 Å². The van der Waals surface area contributed by atoms with Gasteiger partial charge in [0.1, 0.15) is 11.7 Å². The Morgan fingerprint density at radius 2 is 2.06 bits per heavy atom. The first-order chi connectivity index (χ1) is 8.26. The fourth-order valence-electron chi connectivity index (χ4n) is 1.36. The molecule has 0 atom stereocenters. The van der Waals surface area contributed by atoms with Crippen LogP contribution in [0.4, 0.5) is 0 Å². The van der Waals surface area contributed by atoms with Crippen LogP contribution in [0.2, 0.25) is 0 Å². The number of hydrazine groups is 2. The molecule has 3 N–H and O–H groups in total. The second kappa shape index (κ2) is 8.20. The summed E-state index contributed by atoms with van der Waals surface area (Å²) in [5.41, 5.74) is 5.87. The lowest BCUT2D eigenvalue weighted by atomic mass is 10.3. The van der Waals surface area contributed by atoms with E-state index >= 15 is 0 Å². The molecule has 0 saturated carbocycles. The second-order valence-electron chi connectivity index (χ2n) is 3.96. The molecule has 5 nitrogen and oxygen atoms in total. The Bertz CT molecular complexity index is 277. The molecule has 0 saturated heterocycles. The van der Waals surface area contributed by atoms with Crippen molar-refractivity contribution in [3.63, 3.8) is 0 Å². The van der Waals surface area contributed by atoms with Crippen molar-refractivity contribution in [3.05, 3.63) is 11.9 Å². The monoisotopic (exact) mass is 259 g/mol. The molecule has 0 fully saturated rings. The quantitative estimate of drug-likeness (QED) is 0.483. The van der Waals surface area contributed by atoms with Crippen LogP contribution in [0, 0.1) is 0 Å². The summed E-state index contributed by atoms with van der Waals surface area (Å²) in [7, 11) is 0. The van der Waals surface area contributed by atoms with Gasteiger partial charge >= 0.3 is 0 Å². The molecule has 0 spiro atoms. The van der Waals surface area contributed by atoms with E-state index in [-0.39, 0.29) is 0 Å². The van der Waals surface area contributed by atoms with Gasteiger partial charge in [0.15, 0.2) is 0 Å². The number of nitrogens with zero attached hydrogens (tertiary/aromatic N) is 2. The fourth-order valence-corrected chi connectivity index (χ4v) is 1.54. The highest BCUT2D eigenvalue weighted by atomic mass is 35.5.